The highest BCUT2D eigenvalue weighted by atomic mass is 32.2. The topological polar surface area (TPSA) is 64.9 Å². The van der Waals surface area contributed by atoms with E-state index in [1.165, 1.54) is 0 Å². The Kier molecular flexibility index (Phi) is 4.47. The Hall–Kier alpha value is -1.49. The van der Waals surface area contributed by atoms with E-state index >= 15 is 0 Å². The largest absolute Gasteiger partial charge is 0.399 e. The second-order valence-electron chi connectivity index (χ2n) is 5.00. The molecule has 0 spiro atoms. The molecule has 1 aromatic carbocycles. The lowest BCUT2D eigenvalue weighted by Crippen LogP contribution is -1.93. The van der Waals surface area contributed by atoms with E-state index in [1.54, 1.807) is 0 Å². The molecule has 0 bridgehead atoms. The zero-order chi connectivity index (χ0) is 13.8. The van der Waals surface area contributed by atoms with Crippen molar-refractivity contribution >= 4 is 17.4 Å². The number of nitrogen functional groups attached to an aromatic ring is 1. The van der Waals surface area contributed by atoms with Crippen LogP contribution in [0.1, 0.15) is 25.2 Å². The molecule has 0 amide bonds. The summed E-state index contributed by atoms with van der Waals surface area (Å²) in [5, 5.41) is 4.01. The van der Waals surface area contributed by atoms with Gasteiger partial charge in [-0.3, -0.25) is 0 Å². The fraction of sp³-hybridized carbons (Fsp3) is 0.429. The van der Waals surface area contributed by atoms with E-state index in [-0.39, 0.29) is 0 Å². The lowest BCUT2D eigenvalue weighted by Gasteiger charge is -2.01. The first-order valence-corrected chi connectivity index (χ1v) is 7.48. The van der Waals surface area contributed by atoms with Gasteiger partial charge in [0.2, 0.25) is 0 Å². The van der Waals surface area contributed by atoms with Crippen LogP contribution in [0.15, 0.2) is 22.7 Å². The summed E-state index contributed by atoms with van der Waals surface area (Å²) < 4.78 is 5.31. The van der Waals surface area contributed by atoms with Gasteiger partial charge in [0.1, 0.15) is 0 Å². The van der Waals surface area contributed by atoms with Gasteiger partial charge in [-0.15, -0.1) is 0 Å². The number of aryl methyl sites for hydroxylation is 1. The lowest BCUT2D eigenvalue weighted by atomic mass is 10.1. The number of nitrogens with zero attached hydrogens (tertiary/aromatic N) is 2. The molecule has 0 unspecified atom stereocenters. The minimum Gasteiger partial charge on any atom is -0.399 e. The summed E-state index contributed by atoms with van der Waals surface area (Å²) in [6.45, 7) is 6.40. The van der Waals surface area contributed by atoms with Crippen molar-refractivity contribution in [3.8, 4) is 11.5 Å². The van der Waals surface area contributed by atoms with Gasteiger partial charge in [-0.1, -0.05) is 25.1 Å². The molecule has 0 aliphatic heterocycles. The Morgan fingerprint density at radius 1 is 1.37 bits per heavy atom. The molecular formula is C14H19N3OS. The first-order chi connectivity index (χ1) is 9.06. The van der Waals surface area contributed by atoms with Gasteiger partial charge in [0.25, 0.3) is 5.89 Å². The highest BCUT2D eigenvalue weighted by Gasteiger charge is 2.11. The molecule has 2 N–H and O–H groups in total. The summed E-state index contributed by atoms with van der Waals surface area (Å²) in [7, 11) is 0. The van der Waals surface area contributed by atoms with Crippen LogP contribution in [0, 0.1) is 12.8 Å². The van der Waals surface area contributed by atoms with Gasteiger partial charge < -0.3 is 10.3 Å². The zero-order valence-electron chi connectivity index (χ0n) is 11.5. The van der Waals surface area contributed by atoms with Crippen LogP contribution in [0.2, 0.25) is 0 Å². The quantitative estimate of drug-likeness (QED) is 0.847. The normalized spacial score (nSPS) is 11.2. The Morgan fingerprint density at radius 2 is 2.16 bits per heavy atom. The van der Waals surface area contributed by atoms with Crippen LogP contribution in [0.4, 0.5) is 5.69 Å². The van der Waals surface area contributed by atoms with Gasteiger partial charge in [-0.2, -0.15) is 16.7 Å². The lowest BCUT2D eigenvalue weighted by molar-refractivity contribution is 0.425. The number of anilines is 1. The molecule has 0 fully saturated rings. The van der Waals surface area contributed by atoms with Crippen LogP contribution in [0.25, 0.3) is 11.5 Å². The molecular weight excluding hydrogens is 258 g/mol. The summed E-state index contributed by atoms with van der Waals surface area (Å²) in [4.78, 5) is 4.43. The minimum absolute atomic E-state index is 0.546. The van der Waals surface area contributed by atoms with Crippen LogP contribution >= 0.6 is 11.8 Å². The molecule has 2 rings (SSSR count). The highest BCUT2D eigenvalue weighted by molar-refractivity contribution is 7.98. The molecule has 0 saturated carbocycles. The highest BCUT2D eigenvalue weighted by Crippen LogP contribution is 2.24. The second-order valence-corrected chi connectivity index (χ2v) is 6.03. The standard InChI is InChI=1S/C14H19N3OS/c1-9(2)7-19-8-13-16-14(18-17-13)12-6-11(15)5-4-10(12)3/h4-6,9H,7-8,15H2,1-3H3. The summed E-state index contributed by atoms with van der Waals surface area (Å²) in [6, 6.07) is 5.70. The van der Waals surface area contributed by atoms with Crippen molar-refractivity contribution in [2.45, 2.75) is 26.5 Å². The summed E-state index contributed by atoms with van der Waals surface area (Å²) in [6.07, 6.45) is 0. The van der Waals surface area contributed by atoms with E-state index < -0.39 is 0 Å². The van der Waals surface area contributed by atoms with Crippen LogP contribution in [0.5, 0.6) is 0 Å². The van der Waals surface area contributed by atoms with Crippen LogP contribution in [-0.4, -0.2) is 15.9 Å². The first-order valence-electron chi connectivity index (χ1n) is 6.33. The monoisotopic (exact) mass is 277 g/mol. The maximum absolute atomic E-state index is 5.79. The van der Waals surface area contributed by atoms with Crippen molar-refractivity contribution < 1.29 is 4.52 Å². The third kappa shape index (κ3) is 3.73. The fourth-order valence-corrected chi connectivity index (χ4v) is 2.57. The van der Waals surface area contributed by atoms with Crippen molar-refractivity contribution in [3.63, 3.8) is 0 Å². The van der Waals surface area contributed by atoms with E-state index in [1.807, 2.05) is 36.9 Å². The Morgan fingerprint density at radius 3 is 2.89 bits per heavy atom. The molecule has 0 radical (unpaired) electrons. The molecule has 0 aliphatic carbocycles. The van der Waals surface area contributed by atoms with Crippen molar-refractivity contribution in [2.24, 2.45) is 5.92 Å². The first kappa shape index (κ1) is 13.9. The van der Waals surface area contributed by atoms with E-state index in [0.717, 1.165) is 28.5 Å². The third-order valence-electron chi connectivity index (χ3n) is 2.64. The molecule has 2 aromatic rings. The summed E-state index contributed by atoms with van der Waals surface area (Å²) in [5.41, 5.74) is 8.49. The number of thioether (sulfide) groups is 1. The molecule has 19 heavy (non-hydrogen) atoms. The molecule has 102 valence electrons. The molecule has 0 atom stereocenters. The van der Waals surface area contributed by atoms with E-state index in [2.05, 4.69) is 24.0 Å². The molecule has 0 saturated heterocycles. The predicted octanol–water partition coefficient (Wildman–Crippen LogP) is 3.52. The summed E-state index contributed by atoms with van der Waals surface area (Å²) >= 11 is 1.82. The van der Waals surface area contributed by atoms with Gasteiger partial charge in [-0.25, -0.2) is 0 Å². The van der Waals surface area contributed by atoms with Gasteiger partial charge >= 0.3 is 0 Å². The maximum Gasteiger partial charge on any atom is 0.258 e. The number of rotatable bonds is 5. The Bertz CT molecular complexity index is 551. The van der Waals surface area contributed by atoms with Gasteiger partial charge in [0, 0.05) is 11.3 Å². The number of hydrogen-bond acceptors (Lipinski definition) is 5. The number of nitrogens with two attached hydrogens (primary N) is 1. The van der Waals surface area contributed by atoms with Gasteiger partial charge in [-0.05, 0) is 36.3 Å². The third-order valence-corrected chi connectivity index (χ3v) is 4.01. The van der Waals surface area contributed by atoms with E-state index in [0.29, 0.717) is 17.5 Å². The molecule has 1 heterocycles. The smallest absolute Gasteiger partial charge is 0.258 e. The zero-order valence-corrected chi connectivity index (χ0v) is 12.3. The molecule has 0 aliphatic rings. The fourth-order valence-electron chi connectivity index (χ4n) is 1.68. The average Bonchev–Trinajstić information content (AvgIpc) is 2.80. The second kappa shape index (κ2) is 6.10. The molecule has 1 aromatic heterocycles. The molecule has 4 nitrogen and oxygen atoms in total. The Balaban J connectivity index is 2.10. The Labute approximate surface area is 117 Å². The number of aromatic nitrogens is 2. The van der Waals surface area contributed by atoms with Gasteiger partial charge in [0.15, 0.2) is 5.82 Å². The van der Waals surface area contributed by atoms with Crippen LogP contribution < -0.4 is 5.73 Å². The number of benzene rings is 1. The molecule has 5 heteroatoms. The maximum atomic E-state index is 5.79. The minimum atomic E-state index is 0.546. The predicted molar refractivity (Wildman–Crippen MR) is 79.9 cm³/mol. The average molecular weight is 277 g/mol. The summed E-state index contributed by atoms with van der Waals surface area (Å²) in [5.74, 6) is 3.84. The van der Waals surface area contributed by atoms with E-state index in [9.17, 15) is 0 Å². The number of hydrogen-bond donors (Lipinski definition) is 1. The van der Waals surface area contributed by atoms with Gasteiger partial charge in [0.05, 0.1) is 5.75 Å². The van der Waals surface area contributed by atoms with Crippen LogP contribution in [-0.2, 0) is 5.75 Å². The van der Waals surface area contributed by atoms with Crippen molar-refractivity contribution in [2.75, 3.05) is 11.5 Å². The van der Waals surface area contributed by atoms with Crippen molar-refractivity contribution in [1.29, 1.82) is 0 Å². The van der Waals surface area contributed by atoms with E-state index in [4.69, 9.17) is 10.3 Å². The van der Waals surface area contributed by atoms with Crippen molar-refractivity contribution in [1.82, 2.24) is 10.1 Å². The van der Waals surface area contributed by atoms with Crippen molar-refractivity contribution in [3.05, 3.63) is 29.6 Å². The SMILES string of the molecule is Cc1ccc(N)cc1-c1nc(CSCC(C)C)no1. The van der Waals surface area contributed by atoms with Crippen LogP contribution in [0.3, 0.4) is 0 Å².